The van der Waals surface area contributed by atoms with E-state index >= 15 is 0 Å². The van der Waals surface area contributed by atoms with Crippen LogP contribution in [0.3, 0.4) is 0 Å². The van der Waals surface area contributed by atoms with Crippen molar-refractivity contribution in [3.05, 3.63) is 0 Å². The highest BCUT2D eigenvalue weighted by Crippen LogP contribution is 2.19. The Hall–Kier alpha value is -0.950. The number of hydrogen-bond acceptors (Lipinski definition) is 4. The normalized spacial score (nSPS) is 26.3. The number of carbonyl (C=O) groups excluding carboxylic acids is 1. The van der Waals surface area contributed by atoms with E-state index in [0.29, 0.717) is 25.1 Å². The van der Waals surface area contributed by atoms with Crippen LogP contribution in [0, 0.1) is 0 Å². The average molecular weight is 249 g/mol. The first-order valence-corrected chi connectivity index (χ1v) is 6.69. The highest BCUT2D eigenvalue weighted by atomic mass is 32.2. The van der Waals surface area contributed by atoms with Crippen molar-refractivity contribution >= 4 is 22.7 Å². The van der Waals surface area contributed by atoms with Crippen LogP contribution in [-0.4, -0.2) is 52.0 Å². The molecule has 6 nitrogen and oxygen atoms in total. The van der Waals surface area contributed by atoms with Gasteiger partial charge >= 0.3 is 5.97 Å². The van der Waals surface area contributed by atoms with Gasteiger partial charge < -0.3 is 15.2 Å². The summed E-state index contributed by atoms with van der Waals surface area (Å²) in [7, 11) is -0.947. The zero-order chi connectivity index (χ0) is 12.1. The topological polar surface area (TPSA) is 92.7 Å². The van der Waals surface area contributed by atoms with E-state index < -0.39 is 29.0 Å². The molecule has 1 saturated heterocycles. The van der Waals surface area contributed by atoms with Crippen molar-refractivity contribution in [1.29, 1.82) is 0 Å². The minimum absolute atomic E-state index is 0.319. The molecule has 0 saturated carbocycles. The lowest BCUT2D eigenvalue weighted by Crippen LogP contribution is -2.37. The van der Waals surface area contributed by atoms with E-state index in [4.69, 9.17) is 9.84 Å². The zero-order valence-corrected chi connectivity index (χ0v) is 9.79. The standard InChI is InChI=1S/C9H15NO5S/c1-16(14)5-4-10-8(11)6-2-3-7(15-6)9(12)13/h6-7H,2-5H2,1H3,(H,10,11)(H,12,13)/t6-,7+,16?/m0/s1. The number of aliphatic carboxylic acids is 1. The molecule has 0 aliphatic carbocycles. The fraction of sp³-hybridized carbons (Fsp3) is 0.778. The van der Waals surface area contributed by atoms with E-state index in [-0.39, 0.29) is 5.91 Å². The lowest BCUT2D eigenvalue weighted by molar-refractivity contribution is -0.151. The predicted molar refractivity (Wildman–Crippen MR) is 57.5 cm³/mol. The van der Waals surface area contributed by atoms with Crippen LogP contribution in [-0.2, 0) is 25.1 Å². The van der Waals surface area contributed by atoms with Gasteiger partial charge in [0, 0.05) is 29.4 Å². The highest BCUT2D eigenvalue weighted by molar-refractivity contribution is 7.84. The Morgan fingerprint density at radius 2 is 2.06 bits per heavy atom. The summed E-state index contributed by atoms with van der Waals surface area (Å²) in [6.45, 7) is 0.319. The Bertz CT molecular complexity index is 306. The molecule has 2 N–H and O–H groups in total. The Labute approximate surface area is 95.8 Å². The third kappa shape index (κ3) is 3.90. The molecule has 1 amide bonds. The van der Waals surface area contributed by atoms with Crippen molar-refractivity contribution in [1.82, 2.24) is 5.32 Å². The molecule has 16 heavy (non-hydrogen) atoms. The summed E-state index contributed by atoms with van der Waals surface area (Å²) in [5.41, 5.74) is 0. The van der Waals surface area contributed by atoms with E-state index in [2.05, 4.69) is 5.32 Å². The van der Waals surface area contributed by atoms with Crippen LogP contribution in [0.1, 0.15) is 12.8 Å². The van der Waals surface area contributed by atoms with Gasteiger partial charge in [0.1, 0.15) is 6.10 Å². The van der Waals surface area contributed by atoms with Crippen LogP contribution in [0.2, 0.25) is 0 Å². The van der Waals surface area contributed by atoms with Gasteiger partial charge in [-0.25, -0.2) is 4.79 Å². The van der Waals surface area contributed by atoms with E-state index in [1.54, 1.807) is 6.26 Å². The van der Waals surface area contributed by atoms with Crippen LogP contribution >= 0.6 is 0 Å². The molecule has 0 spiro atoms. The van der Waals surface area contributed by atoms with Gasteiger partial charge in [0.05, 0.1) is 0 Å². The van der Waals surface area contributed by atoms with E-state index in [1.807, 2.05) is 0 Å². The maximum atomic E-state index is 11.5. The molecule has 0 aromatic heterocycles. The van der Waals surface area contributed by atoms with Crippen LogP contribution in [0.4, 0.5) is 0 Å². The molecule has 1 aliphatic heterocycles. The van der Waals surface area contributed by atoms with Gasteiger partial charge in [-0.05, 0) is 12.8 Å². The Morgan fingerprint density at radius 1 is 1.44 bits per heavy atom. The van der Waals surface area contributed by atoms with Crippen LogP contribution in [0.25, 0.3) is 0 Å². The number of nitrogens with one attached hydrogen (secondary N) is 1. The molecule has 1 rings (SSSR count). The van der Waals surface area contributed by atoms with Gasteiger partial charge in [-0.1, -0.05) is 0 Å². The second-order valence-electron chi connectivity index (χ2n) is 3.60. The largest absolute Gasteiger partial charge is 0.479 e. The Balaban J connectivity index is 2.28. The third-order valence-corrected chi connectivity index (χ3v) is 3.06. The maximum absolute atomic E-state index is 11.5. The maximum Gasteiger partial charge on any atom is 0.332 e. The molecule has 0 bridgehead atoms. The number of amides is 1. The van der Waals surface area contributed by atoms with E-state index in [1.165, 1.54) is 0 Å². The minimum Gasteiger partial charge on any atom is -0.479 e. The lowest BCUT2D eigenvalue weighted by atomic mass is 10.2. The molecule has 0 aromatic rings. The van der Waals surface area contributed by atoms with Crippen molar-refractivity contribution in [3.63, 3.8) is 0 Å². The van der Waals surface area contributed by atoms with Crippen LogP contribution in [0.15, 0.2) is 0 Å². The Morgan fingerprint density at radius 3 is 2.56 bits per heavy atom. The molecule has 1 aliphatic rings. The molecule has 7 heteroatoms. The number of carboxylic acids is 1. The smallest absolute Gasteiger partial charge is 0.332 e. The van der Waals surface area contributed by atoms with Crippen molar-refractivity contribution in [2.75, 3.05) is 18.6 Å². The quantitative estimate of drug-likeness (QED) is 0.659. The van der Waals surface area contributed by atoms with Crippen LogP contribution < -0.4 is 5.32 Å². The molecule has 92 valence electrons. The predicted octanol–water partition coefficient (Wildman–Crippen LogP) is -0.887. The van der Waals surface area contributed by atoms with E-state index in [9.17, 15) is 13.8 Å². The molecule has 1 unspecified atom stereocenters. The summed E-state index contributed by atoms with van der Waals surface area (Å²) in [4.78, 5) is 22.0. The Kier molecular flexibility index (Phi) is 4.88. The van der Waals surface area contributed by atoms with Gasteiger partial charge in [0.25, 0.3) is 0 Å². The van der Waals surface area contributed by atoms with Gasteiger partial charge in [-0.3, -0.25) is 9.00 Å². The van der Waals surface area contributed by atoms with Crippen molar-refractivity contribution in [2.24, 2.45) is 0 Å². The highest BCUT2D eigenvalue weighted by Gasteiger charge is 2.34. The summed E-state index contributed by atoms with van der Waals surface area (Å²) >= 11 is 0. The van der Waals surface area contributed by atoms with Crippen LogP contribution in [0.5, 0.6) is 0 Å². The number of carboxylic acid groups (broad SMARTS) is 1. The summed E-state index contributed by atoms with van der Waals surface area (Å²) < 4.78 is 15.8. The van der Waals surface area contributed by atoms with Crippen molar-refractivity contribution < 1.29 is 23.6 Å². The van der Waals surface area contributed by atoms with Crippen molar-refractivity contribution in [2.45, 2.75) is 25.0 Å². The molecule has 0 radical (unpaired) electrons. The van der Waals surface area contributed by atoms with Gasteiger partial charge in [-0.2, -0.15) is 0 Å². The summed E-state index contributed by atoms with van der Waals surface area (Å²) in [6, 6.07) is 0. The van der Waals surface area contributed by atoms with Gasteiger partial charge in [-0.15, -0.1) is 0 Å². The number of rotatable bonds is 5. The monoisotopic (exact) mass is 249 g/mol. The fourth-order valence-electron chi connectivity index (χ4n) is 1.44. The fourth-order valence-corrected chi connectivity index (χ4v) is 1.83. The molecular weight excluding hydrogens is 234 g/mol. The number of carbonyl (C=O) groups is 2. The zero-order valence-electron chi connectivity index (χ0n) is 8.97. The minimum atomic E-state index is -1.04. The first kappa shape index (κ1) is 13.1. The second kappa shape index (κ2) is 5.95. The lowest BCUT2D eigenvalue weighted by Gasteiger charge is -2.11. The van der Waals surface area contributed by atoms with E-state index in [0.717, 1.165) is 0 Å². The molecule has 1 fully saturated rings. The molecular formula is C9H15NO5S. The summed E-state index contributed by atoms with van der Waals surface area (Å²) in [6.07, 6.45) is 0.756. The van der Waals surface area contributed by atoms with Gasteiger partial charge in [0.15, 0.2) is 6.10 Å². The first-order valence-electron chi connectivity index (χ1n) is 4.96. The average Bonchev–Trinajstić information content (AvgIpc) is 2.65. The SMILES string of the molecule is CS(=O)CCNC(=O)[C@@H]1CC[C@H](C(=O)O)O1. The number of hydrogen-bond donors (Lipinski definition) is 2. The number of ether oxygens (including phenoxy) is 1. The molecule has 3 atom stereocenters. The van der Waals surface area contributed by atoms with Gasteiger partial charge in [0.2, 0.25) is 5.91 Å². The third-order valence-electron chi connectivity index (χ3n) is 2.28. The second-order valence-corrected chi connectivity index (χ2v) is 5.15. The summed E-state index contributed by atoms with van der Waals surface area (Å²) in [5.74, 6) is -0.972. The molecule has 0 aromatic carbocycles. The molecule has 1 heterocycles. The first-order chi connectivity index (χ1) is 7.50. The van der Waals surface area contributed by atoms with Crippen molar-refractivity contribution in [3.8, 4) is 0 Å². The summed E-state index contributed by atoms with van der Waals surface area (Å²) in [5, 5.41) is 11.2.